The van der Waals surface area contributed by atoms with E-state index < -0.39 is 0 Å². The molecule has 0 unspecified atom stereocenters. The van der Waals surface area contributed by atoms with Crippen LogP contribution in [0.15, 0.2) is 96.0 Å². The van der Waals surface area contributed by atoms with Gasteiger partial charge in [-0.25, -0.2) is 0 Å². The summed E-state index contributed by atoms with van der Waals surface area (Å²) in [6, 6.07) is 30.2. The molecule has 0 spiro atoms. The van der Waals surface area contributed by atoms with Gasteiger partial charge in [-0.15, -0.1) is 11.8 Å². The van der Waals surface area contributed by atoms with Crippen molar-refractivity contribution in [1.29, 1.82) is 0 Å². The van der Waals surface area contributed by atoms with E-state index in [1.165, 1.54) is 21.7 Å². The van der Waals surface area contributed by atoms with Crippen molar-refractivity contribution in [3.8, 4) is 56.9 Å². The summed E-state index contributed by atoms with van der Waals surface area (Å²) in [5.41, 5.74) is 7.57. The molecule has 4 aromatic carbocycles. The number of pyridine rings is 1. The summed E-state index contributed by atoms with van der Waals surface area (Å²) in [6.07, 6.45) is 6.12. The summed E-state index contributed by atoms with van der Waals surface area (Å²) >= 11 is 1.76. The molecule has 278 valence electrons. The Hall–Kier alpha value is -5.06. The lowest BCUT2D eigenvalue weighted by atomic mass is 9.99. The second-order valence-electron chi connectivity index (χ2n) is 12.9. The number of rotatable bonds is 15. The molecule has 0 amide bonds. The zero-order chi connectivity index (χ0) is 37.3. The molecule has 0 aliphatic carbocycles. The fraction of sp³-hybridized carbons (Fsp3) is 0.326. The van der Waals surface area contributed by atoms with E-state index >= 15 is 0 Å². The molecule has 53 heavy (non-hydrogen) atoms. The van der Waals surface area contributed by atoms with Crippen molar-refractivity contribution in [3.63, 3.8) is 0 Å². The van der Waals surface area contributed by atoms with E-state index in [0.29, 0.717) is 40.5 Å². The Morgan fingerprint density at radius 1 is 0.642 bits per heavy atom. The van der Waals surface area contributed by atoms with Crippen LogP contribution in [-0.4, -0.2) is 77.9 Å². The number of aromatic nitrogens is 1. The quantitative estimate of drug-likeness (QED) is 0.0974. The van der Waals surface area contributed by atoms with Gasteiger partial charge in [-0.1, -0.05) is 18.2 Å². The molecule has 5 aromatic rings. The molecule has 0 bridgehead atoms. The molecule has 1 aliphatic rings. The Kier molecular flexibility index (Phi) is 12.5. The van der Waals surface area contributed by atoms with E-state index in [2.05, 4.69) is 76.7 Å². The van der Waals surface area contributed by atoms with Gasteiger partial charge in [0, 0.05) is 54.6 Å². The van der Waals surface area contributed by atoms with Crippen molar-refractivity contribution in [1.82, 2.24) is 9.88 Å². The number of likely N-dealkylation sites (tertiary alicyclic amines) is 1. The Morgan fingerprint density at radius 3 is 1.77 bits per heavy atom. The fourth-order valence-electron chi connectivity index (χ4n) is 7.11. The van der Waals surface area contributed by atoms with Crippen LogP contribution in [0.5, 0.6) is 34.5 Å². The number of anilines is 1. The minimum atomic E-state index is 0.384. The van der Waals surface area contributed by atoms with E-state index in [9.17, 15) is 0 Å². The van der Waals surface area contributed by atoms with Crippen LogP contribution in [0.2, 0.25) is 0 Å². The number of methoxy groups -OCH3 is 6. The van der Waals surface area contributed by atoms with Crippen LogP contribution < -0.4 is 33.3 Å². The monoisotopic (exact) mass is 735 g/mol. The Bertz CT molecular complexity index is 1930. The fourth-order valence-corrected chi connectivity index (χ4v) is 7.51. The van der Waals surface area contributed by atoms with E-state index in [4.69, 9.17) is 33.4 Å². The minimum Gasteiger partial charge on any atom is -0.493 e. The predicted molar refractivity (Wildman–Crippen MR) is 214 cm³/mol. The maximum absolute atomic E-state index is 5.63. The van der Waals surface area contributed by atoms with Crippen LogP contribution in [0.3, 0.4) is 0 Å². The molecule has 2 heterocycles. The molecule has 9 nitrogen and oxygen atoms in total. The smallest absolute Gasteiger partial charge is 0.203 e. The molecule has 10 heteroatoms. The molecule has 1 aromatic heterocycles. The molecule has 0 atom stereocenters. The molecular formula is C43H49N3O6S. The van der Waals surface area contributed by atoms with E-state index in [-0.39, 0.29) is 0 Å². The van der Waals surface area contributed by atoms with Gasteiger partial charge in [0.15, 0.2) is 23.0 Å². The van der Waals surface area contributed by atoms with Gasteiger partial charge in [-0.3, -0.25) is 9.88 Å². The van der Waals surface area contributed by atoms with E-state index in [1.54, 1.807) is 54.4 Å². The van der Waals surface area contributed by atoms with Crippen LogP contribution in [0.4, 0.5) is 5.69 Å². The van der Waals surface area contributed by atoms with E-state index in [0.717, 1.165) is 61.4 Å². The second-order valence-corrected chi connectivity index (χ2v) is 13.8. The Labute approximate surface area is 317 Å². The van der Waals surface area contributed by atoms with Crippen molar-refractivity contribution in [2.75, 3.05) is 66.9 Å². The number of hydrogen-bond donors (Lipinski definition) is 0. The average molecular weight is 736 g/mol. The first-order valence-corrected chi connectivity index (χ1v) is 18.9. The second kappa shape index (κ2) is 17.6. The highest BCUT2D eigenvalue weighted by atomic mass is 32.2. The van der Waals surface area contributed by atoms with Gasteiger partial charge in [0.25, 0.3) is 0 Å². The first-order chi connectivity index (χ1) is 25.9. The summed E-state index contributed by atoms with van der Waals surface area (Å²) in [4.78, 5) is 11.1. The van der Waals surface area contributed by atoms with Gasteiger partial charge in [-0.05, 0) is 108 Å². The lowest BCUT2D eigenvalue weighted by molar-refractivity contribution is 0.201. The third-order valence-electron chi connectivity index (χ3n) is 9.87. The lowest BCUT2D eigenvalue weighted by Gasteiger charge is -2.40. The number of thioether (sulfide) groups is 1. The number of nitrogens with zero attached hydrogens (tertiary/aromatic N) is 3. The summed E-state index contributed by atoms with van der Waals surface area (Å²) in [5, 5.41) is 0. The van der Waals surface area contributed by atoms with Crippen molar-refractivity contribution >= 4 is 17.4 Å². The molecule has 1 fully saturated rings. The third kappa shape index (κ3) is 8.61. The van der Waals surface area contributed by atoms with Crippen LogP contribution in [0, 0.1) is 0 Å². The number of hydrogen-bond acceptors (Lipinski definition) is 10. The normalized spacial score (nSPS) is 13.3. The summed E-state index contributed by atoms with van der Waals surface area (Å²) in [7, 11) is 9.79. The predicted octanol–water partition coefficient (Wildman–Crippen LogP) is 8.86. The zero-order valence-electron chi connectivity index (χ0n) is 31.7. The SMILES string of the molecule is COc1cc(-c2cccc(CN3CCC(N(Cc4ccnc(-c5cc(OC)c(OC)c(OC)c5)c4)c4ccc(SC)cc4)CC3)c2)cc(OC)c1OC. The zero-order valence-corrected chi connectivity index (χ0v) is 32.5. The van der Waals surface area contributed by atoms with Crippen molar-refractivity contribution < 1.29 is 28.4 Å². The highest BCUT2D eigenvalue weighted by molar-refractivity contribution is 7.98. The topological polar surface area (TPSA) is 74.8 Å². The first kappa shape index (κ1) is 37.7. The highest BCUT2D eigenvalue weighted by Gasteiger charge is 2.26. The number of ether oxygens (including phenoxy) is 6. The van der Waals surface area contributed by atoms with Gasteiger partial charge in [0.2, 0.25) is 11.5 Å². The molecule has 6 rings (SSSR count). The van der Waals surface area contributed by atoms with Crippen LogP contribution in [0.25, 0.3) is 22.4 Å². The minimum absolute atomic E-state index is 0.384. The van der Waals surface area contributed by atoms with Gasteiger partial charge in [0.1, 0.15) is 0 Å². The summed E-state index contributed by atoms with van der Waals surface area (Å²) in [5.74, 6) is 3.65. The first-order valence-electron chi connectivity index (χ1n) is 17.7. The highest BCUT2D eigenvalue weighted by Crippen LogP contribution is 2.42. The van der Waals surface area contributed by atoms with Crippen molar-refractivity contribution in [3.05, 3.63) is 102 Å². The molecule has 0 N–H and O–H groups in total. The molecule has 1 aliphatic heterocycles. The molecular weight excluding hydrogens is 687 g/mol. The van der Waals surface area contributed by atoms with Gasteiger partial charge >= 0.3 is 0 Å². The van der Waals surface area contributed by atoms with E-state index in [1.807, 2.05) is 30.5 Å². The number of benzene rings is 4. The Balaban J connectivity index is 1.20. The number of piperidine rings is 1. The molecule has 0 saturated carbocycles. The van der Waals surface area contributed by atoms with Crippen LogP contribution in [-0.2, 0) is 13.1 Å². The third-order valence-corrected chi connectivity index (χ3v) is 10.6. The van der Waals surface area contributed by atoms with Crippen LogP contribution >= 0.6 is 11.8 Å². The van der Waals surface area contributed by atoms with Gasteiger partial charge in [-0.2, -0.15) is 0 Å². The van der Waals surface area contributed by atoms with Crippen LogP contribution in [0.1, 0.15) is 24.0 Å². The Morgan fingerprint density at radius 2 is 1.23 bits per heavy atom. The van der Waals surface area contributed by atoms with Crippen molar-refractivity contribution in [2.45, 2.75) is 36.9 Å². The lowest BCUT2D eigenvalue weighted by Crippen LogP contribution is -2.44. The maximum Gasteiger partial charge on any atom is 0.203 e. The average Bonchev–Trinajstić information content (AvgIpc) is 3.22. The maximum atomic E-state index is 5.63. The largest absolute Gasteiger partial charge is 0.493 e. The summed E-state index contributed by atoms with van der Waals surface area (Å²) < 4.78 is 33.6. The van der Waals surface area contributed by atoms with Crippen molar-refractivity contribution in [2.24, 2.45) is 0 Å². The summed E-state index contributed by atoms with van der Waals surface area (Å²) in [6.45, 7) is 3.66. The van der Waals surface area contributed by atoms with Gasteiger partial charge < -0.3 is 33.3 Å². The molecule has 0 radical (unpaired) electrons. The standard InChI is InChI=1S/C43H49N3O6S/c1-47-38-23-32(24-39(48-2)42(38)51-5)31-10-8-9-29(21-31)27-45-19-16-35(17-20-45)46(34-11-13-36(53-7)14-12-34)28-30-15-18-44-37(22-30)33-25-40(49-3)43(52-6)41(26-33)50-4/h8-15,18,21-26,35H,16-17,19-20,27-28H2,1-7H3. The molecule has 1 saturated heterocycles. The van der Waals surface area contributed by atoms with Gasteiger partial charge in [0.05, 0.1) is 48.4 Å².